The number of aliphatic hydroxyl groups excluding tert-OH is 1. The van der Waals surface area contributed by atoms with Gasteiger partial charge in [-0.15, -0.1) is 0 Å². The molecule has 0 radical (unpaired) electrons. The van der Waals surface area contributed by atoms with Gasteiger partial charge in [0.2, 0.25) is 0 Å². The van der Waals surface area contributed by atoms with Crippen molar-refractivity contribution in [1.29, 1.82) is 0 Å². The number of nitrogens with two attached hydrogens (primary N) is 1. The second-order valence-corrected chi connectivity index (χ2v) is 6.40. The molecule has 122 valence electrons. The predicted molar refractivity (Wildman–Crippen MR) is 84.7 cm³/mol. The molecule has 0 aromatic heterocycles. The summed E-state index contributed by atoms with van der Waals surface area (Å²) in [6.07, 6.45) is 0.0496. The predicted octanol–water partition coefficient (Wildman–Crippen LogP) is 2.01. The van der Waals surface area contributed by atoms with Crippen LogP contribution in [0.1, 0.15) is 43.1 Å². The number of aliphatic hydroxyl groups is 1. The Hall–Kier alpha value is -2.15. The van der Waals surface area contributed by atoms with E-state index in [0.29, 0.717) is 18.5 Å². The van der Waals surface area contributed by atoms with Crippen LogP contribution >= 0.6 is 0 Å². The lowest BCUT2D eigenvalue weighted by Gasteiger charge is -2.26. The van der Waals surface area contributed by atoms with Crippen LogP contribution in [0.4, 0.5) is 11.4 Å². The minimum Gasteiger partial charge on any atom is -0.393 e. The molecule has 7 nitrogen and oxygen atoms in total. The molecule has 0 aliphatic rings. The Balaban J connectivity index is 2.93. The molecule has 0 fully saturated rings. The number of rotatable bonds is 6. The Bertz CT molecular complexity index is 582. The van der Waals surface area contributed by atoms with E-state index in [-0.39, 0.29) is 22.4 Å². The quantitative estimate of drug-likeness (QED) is 0.422. The van der Waals surface area contributed by atoms with Crippen molar-refractivity contribution in [3.8, 4) is 0 Å². The van der Waals surface area contributed by atoms with Crippen molar-refractivity contribution in [1.82, 2.24) is 5.32 Å². The van der Waals surface area contributed by atoms with E-state index >= 15 is 0 Å². The third-order valence-corrected chi connectivity index (χ3v) is 3.32. The summed E-state index contributed by atoms with van der Waals surface area (Å²) in [5, 5.41) is 23.1. The van der Waals surface area contributed by atoms with Crippen molar-refractivity contribution in [3.63, 3.8) is 0 Å². The molecule has 4 N–H and O–H groups in total. The van der Waals surface area contributed by atoms with Gasteiger partial charge >= 0.3 is 0 Å². The van der Waals surface area contributed by atoms with E-state index in [9.17, 15) is 20.0 Å². The minimum absolute atomic E-state index is 0.0968. The molecular weight excluding hydrogens is 286 g/mol. The fraction of sp³-hybridized carbons (Fsp3) is 0.533. The molecule has 7 heteroatoms. The van der Waals surface area contributed by atoms with Gasteiger partial charge in [0.1, 0.15) is 5.69 Å². The van der Waals surface area contributed by atoms with Crippen LogP contribution in [0.5, 0.6) is 0 Å². The smallest absolute Gasteiger partial charge is 0.293 e. The molecule has 0 aliphatic heterocycles. The summed E-state index contributed by atoms with van der Waals surface area (Å²) in [6.45, 7) is 7.52. The summed E-state index contributed by atoms with van der Waals surface area (Å²) in [5.74, 6) is -0.456. The van der Waals surface area contributed by atoms with E-state index in [2.05, 4.69) is 5.32 Å². The van der Waals surface area contributed by atoms with Crippen LogP contribution in [0.3, 0.4) is 0 Å². The van der Waals surface area contributed by atoms with Crippen LogP contribution in [0.15, 0.2) is 12.1 Å². The number of anilines is 1. The highest BCUT2D eigenvalue weighted by Crippen LogP contribution is 2.27. The number of nitrogen functional groups attached to an aromatic ring is 1. The van der Waals surface area contributed by atoms with Gasteiger partial charge < -0.3 is 16.2 Å². The molecule has 0 saturated carbocycles. The number of carbonyl (C=O) groups excluding carboxylic acids is 1. The average Bonchev–Trinajstić information content (AvgIpc) is 2.36. The maximum absolute atomic E-state index is 12.2. The number of nitrogens with zero attached hydrogens (tertiary/aromatic N) is 1. The molecule has 0 aliphatic carbocycles. The van der Waals surface area contributed by atoms with Gasteiger partial charge in [0.25, 0.3) is 11.6 Å². The molecule has 0 heterocycles. The minimum atomic E-state index is -0.601. The van der Waals surface area contributed by atoms with Gasteiger partial charge in [-0.1, -0.05) is 13.8 Å². The van der Waals surface area contributed by atoms with Crippen molar-refractivity contribution in [3.05, 3.63) is 33.4 Å². The van der Waals surface area contributed by atoms with Gasteiger partial charge in [0.05, 0.1) is 16.6 Å². The monoisotopic (exact) mass is 309 g/mol. The molecule has 1 amide bonds. The van der Waals surface area contributed by atoms with Crippen molar-refractivity contribution >= 4 is 17.3 Å². The Labute approximate surface area is 129 Å². The van der Waals surface area contributed by atoms with Crippen LogP contribution in [0.2, 0.25) is 0 Å². The first-order valence-electron chi connectivity index (χ1n) is 7.04. The van der Waals surface area contributed by atoms with Gasteiger partial charge in [0.15, 0.2) is 0 Å². The van der Waals surface area contributed by atoms with E-state index in [1.165, 1.54) is 12.1 Å². The van der Waals surface area contributed by atoms with Gasteiger partial charge in [0, 0.05) is 12.6 Å². The van der Waals surface area contributed by atoms with Gasteiger partial charge in [-0.2, -0.15) is 0 Å². The normalized spacial score (nSPS) is 12.8. The maximum Gasteiger partial charge on any atom is 0.293 e. The van der Waals surface area contributed by atoms with Crippen LogP contribution in [0, 0.1) is 22.5 Å². The topological polar surface area (TPSA) is 118 Å². The molecule has 1 unspecified atom stereocenters. The van der Waals surface area contributed by atoms with Crippen LogP contribution in [0.25, 0.3) is 0 Å². The largest absolute Gasteiger partial charge is 0.393 e. The molecule has 0 bridgehead atoms. The Morgan fingerprint density at radius 2 is 2.09 bits per heavy atom. The second kappa shape index (κ2) is 6.74. The first-order valence-corrected chi connectivity index (χ1v) is 7.04. The van der Waals surface area contributed by atoms with Crippen LogP contribution < -0.4 is 11.1 Å². The number of nitro groups is 1. The average molecular weight is 309 g/mol. The summed E-state index contributed by atoms with van der Waals surface area (Å²) < 4.78 is 0. The maximum atomic E-state index is 12.2. The lowest BCUT2D eigenvalue weighted by molar-refractivity contribution is -0.384. The van der Waals surface area contributed by atoms with Crippen molar-refractivity contribution in [2.24, 2.45) is 5.41 Å². The molecule has 22 heavy (non-hydrogen) atoms. The van der Waals surface area contributed by atoms with Crippen LogP contribution in [-0.2, 0) is 0 Å². The fourth-order valence-electron chi connectivity index (χ4n) is 2.40. The molecule has 0 saturated heterocycles. The third-order valence-electron chi connectivity index (χ3n) is 3.32. The summed E-state index contributed by atoms with van der Waals surface area (Å²) in [7, 11) is 0. The number of hydrogen-bond donors (Lipinski definition) is 3. The molecule has 1 aromatic carbocycles. The molecule has 1 atom stereocenters. The molecular formula is C15H23N3O4. The molecule has 0 spiro atoms. The zero-order valence-electron chi connectivity index (χ0n) is 13.3. The van der Waals surface area contributed by atoms with E-state index in [4.69, 9.17) is 5.73 Å². The highest BCUT2D eigenvalue weighted by Gasteiger charge is 2.24. The number of aryl methyl sites for hydroxylation is 1. The van der Waals surface area contributed by atoms with E-state index in [1.54, 1.807) is 13.8 Å². The highest BCUT2D eigenvalue weighted by molar-refractivity contribution is 6.01. The second-order valence-electron chi connectivity index (χ2n) is 6.40. The zero-order chi connectivity index (χ0) is 17.1. The number of nitrogens with one attached hydrogen (secondary N) is 1. The SMILES string of the molecule is Cc1cc(C(=O)NCC(C)(C)CC(C)O)c(N)c([N+](=O)[O-])c1. The molecule has 1 rings (SSSR count). The summed E-state index contributed by atoms with van der Waals surface area (Å²) >= 11 is 0. The van der Waals surface area contributed by atoms with Gasteiger partial charge in [-0.3, -0.25) is 14.9 Å². The number of amides is 1. The first kappa shape index (κ1) is 17.9. The number of benzene rings is 1. The van der Waals surface area contributed by atoms with Crippen molar-refractivity contribution < 1.29 is 14.8 Å². The summed E-state index contributed by atoms with van der Waals surface area (Å²) in [5.41, 5.74) is 5.72. The van der Waals surface area contributed by atoms with E-state index in [1.807, 2.05) is 13.8 Å². The van der Waals surface area contributed by atoms with Gasteiger partial charge in [-0.05, 0) is 37.3 Å². The van der Waals surface area contributed by atoms with Crippen molar-refractivity contribution in [2.45, 2.75) is 40.2 Å². The fourth-order valence-corrected chi connectivity index (χ4v) is 2.40. The Kier molecular flexibility index (Phi) is 5.48. The standard InChI is InChI=1S/C15H23N3O4/c1-9-5-11(13(16)12(6-9)18(21)22)14(20)17-8-15(3,4)7-10(2)19/h5-6,10,19H,7-8,16H2,1-4H3,(H,17,20). The number of carbonyl (C=O) groups is 1. The van der Waals surface area contributed by atoms with Crippen LogP contribution in [-0.4, -0.2) is 28.6 Å². The van der Waals surface area contributed by atoms with E-state index < -0.39 is 16.9 Å². The lowest BCUT2D eigenvalue weighted by Crippen LogP contribution is -2.36. The van der Waals surface area contributed by atoms with E-state index in [0.717, 1.165) is 0 Å². The zero-order valence-corrected chi connectivity index (χ0v) is 13.3. The number of hydrogen-bond acceptors (Lipinski definition) is 5. The van der Waals surface area contributed by atoms with Crippen molar-refractivity contribution in [2.75, 3.05) is 12.3 Å². The highest BCUT2D eigenvalue weighted by atomic mass is 16.6. The summed E-state index contributed by atoms with van der Waals surface area (Å²) in [6, 6.07) is 2.86. The summed E-state index contributed by atoms with van der Waals surface area (Å²) in [4.78, 5) is 22.6. The Morgan fingerprint density at radius 3 is 2.59 bits per heavy atom. The number of nitro benzene ring substituents is 1. The Morgan fingerprint density at radius 1 is 1.50 bits per heavy atom. The first-order chi connectivity index (χ1) is 10.0. The lowest BCUT2D eigenvalue weighted by atomic mass is 9.87. The van der Waals surface area contributed by atoms with Gasteiger partial charge in [-0.25, -0.2) is 0 Å². The molecule has 1 aromatic rings. The third kappa shape index (κ3) is 4.70.